The lowest BCUT2D eigenvalue weighted by molar-refractivity contribution is 0.0860. The summed E-state index contributed by atoms with van der Waals surface area (Å²) < 4.78 is 25.4. The van der Waals surface area contributed by atoms with Gasteiger partial charge in [-0.05, 0) is 23.6 Å². The third-order valence-electron chi connectivity index (χ3n) is 3.30. The van der Waals surface area contributed by atoms with E-state index in [1.807, 2.05) is 0 Å². The molecule has 7 heteroatoms. The Kier molecular flexibility index (Phi) is 3.38. The lowest BCUT2D eigenvalue weighted by atomic mass is 10.1. The van der Waals surface area contributed by atoms with E-state index < -0.39 is 15.9 Å². The molecule has 0 saturated heterocycles. The Balaban J connectivity index is 1.82. The van der Waals surface area contributed by atoms with E-state index >= 15 is 0 Å². The molecule has 3 rings (SSSR count). The van der Waals surface area contributed by atoms with Gasteiger partial charge in [-0.2, -0.15) is 11.3 Å². The zero-order valence-corrected chi connectivity index (χ0v) is 12.5. The van der Waals surface area contributed by atoms with Gasteiger partial charge in [0.2, 0.25) is 0 Å². The van der Waals surface area contributed by atoms with E-state index in [0.29, 0.717) is 5.56 Å². The molecule has 1 amide bonds. The van der Waals surface area contributed by atoms with Gasteiger partial charge >= 0.3 is 0 Å². The van der Waals surface area contributed by atoms with Crippen LogP contribution in [-0.4, -0.2) is 31.0 Å². The number of Topliss-reactive ketones (excluding diaryl/α,β-unsaturated/α-hetero) is 1. The Bertz CT molecular complexity index is 809. The van der Waals surface area contributed by atoms with E-state index in [2.05, 4.69) is 0 Å². The molecular formula is C14H11NO4S2. The number of amides is 1. The van der Waals surface area contributed by atoms with Gasteiger partial charge in [-0.1, -0.05) is 12.1 Å². The Hall–Kier alpha value is -1.99. The molecule has 1 aliphatic heterocycles. The zero-order valence-electron chi connectivity index (χ0n) is 10.9. The van der Waals surface area contributed by atoms with Crippen LogP contribution in [0.5, 0.6) is 0 Å². The number of ketones is 1. The van der Waals surface area contributed by atoms with Crippen molar-refractivity contribution in [3.63, 3.8) is 0 Å². The summed E-state index contributed by atoms with van der Waals surface area (Å²) in [5.74, 6) is -0.737. The number of hydrogen-bond acceptors (Lipinski definition) is 5. The van der Waals surface area contributed by atoms with Crippen LogP contribution in [0.3, 0.4) is 0 Å². The van der Waals surface area contributed by atoms with Crippen LogP contribution in [-0.2, 0) is 10.0 Å². The summed E-state index contributed by atoms with van der Waals surface area (Å²) in [4.78, 5) is 24.1. The second-order valence-corrected chi connectivity index (χ2v) is 7.17. The summed E-state index contributed by atoms with van der Waals surface area (Å²) in [6.07, 6.45) is -0.0182. The largest absolute Gasteiger partial charge is 0.294 e. The topological polar surface area (TPSA) is 71.5 Å². The summed E-state index contributed by atoms with van der Waals surface area (Å²) in [6.45, 7) is -0.134. The molecule has 0 spiro atoms. The molecule has 0 unspecified atom stereocenters. The van der Waals surface area contributed by atoms with Crippen molar-refractivity contribution in [2.45, 2.75) is 11.3 Å². The molecule has 2 aromatic rings. The molecule has 1 aromatic carbocycles. The zero-order chi connectivity index (χ0) is 15.0. The number of benzene rings is 1. The van der Waals surface area contributed by atoms with Crippen molar-refractivity contribution in [3.8, 4) is 0 Å². The van der Waals surface area contributed by atoms with Crippen molar-refractivity contribution < 1.29 is 18.0 Å². The minimum atomic E-state index is -3.83. The number of thiophene rings is 1. The van der Waals surface area contributed by atoms with Crippen molar-refractivity contribution in [1.82, 2.24) is 4.31 Å². The molecule has 21 heavy (non-hydrogen) atoms. The first kappa shape index (κ1) is 14.0. The Morgan fingerprint density at radius 2 is 1.95 bits per heavy atom. The van der Waals surface area contributed by atoms with Crippen LogP contribution in [0.25, 0.3) is 0 Å². The molecule has 2 heterocycles. The SMILES string of the molecule is O=C(CCN1C(=O)c2ccccc2S1(=O)=O)c1ccsc1. The number of rotatable bonds is 4. The van der Waals surface area contributed by atoms with Gasteiger partial charge in [-0.3, -0.25) is 9.59 Å². The lowest BCUT2D eigenvalue weighted by Crippen LogP contribution is -2.32. The summed E-state index contributed by atoms with van der Waals surface area (Å²) >= 11 is 1.40. The quantitative estimate of drug-likeness (QED) is 0.809. The fourth-order valence-corrected chi connectivity index (χ4v) is 4.45. The van der Waals surface area contributed by atoms with Crippen molar-refractivity contribution in [1.29, 1.82) is 0 Å². The average molecular weight is 321 g/mol. The molecular weight excluding hydrogens is 310 g/mol. The van der Waals surface area contributed by atoms with E-state index in [-0.39, 0.29) is 29.2 Å². The standard InChI is InChI=1S/C14H11NO4S2/c16-12(10-6-8-20-9-10)5-7-15-14(17)11-3-1-2-4-13(11)21(15,18)19/h1-4,6,8-9H,5,7H2. The lowest BCUT2D eigenvalue weighted by Gasteiger charge is -2.14. The molecule has 108 valence electrons. The van der Waals surface area contributed by atoms with Crippen LogP contribution in [0.1, 0.15) is 27.1 Å². The normalized spacial score (nSPS) is 16.0. The second-order valence-electron chi connectivity index (χ2n) is 4.56. The molecule has 0 fully saturated rings. The van der Waals surface area contributed by atoms with Gasteiger partial charge in [0.05, 0.1) is 5.56 Å². The third-order valence-corrected chi connectivity index (χ3v) is 5.82. The van der Waals surface area contributed by atoms with E-state index in [1.165, 1.54) is 23.5 Å². The highest BCUT2D eigenvalue weighted by atomic mass is 32.2. The molecule has 5 nitrogen and oxygen atoms in total. The predicted octanol–water partition coefficient (Wildman–Crippen LogP) is 2.17. The molecule has 0 N–H and O–H groups in total. The van der Waals surface area contributed by atoms with Crippen molar-refractivity contribution in [3.05, 3.63) is 52.2 Å². The molecule has 0 atom stereocenters. The van der Waals surface area contributed by atoms with Crippen LogP contribution >= 0.6 is 11.3 Å². The minimum Gasteiger partial charge on any atom is -0.294 e. The number of nitrogens with zero attached hydrogens (tertiary/aromatic N) is 1. The number of carbonyl (C=O) groups is 2. The molecule has 1 aromatic heterocycles. The van der Waals surface area contributed by atoms with Crippen LogP contribution in [0.4, 0.5) is 0 Å². The van der Waals surface area contributed by atoms with Crippen molar-refractivity contribution >= 4 is 33.1 Å². The Morgan fingerprint density at radius 3 is 2.62 bits per heavy atom. The van der Waals surface area contributed by atoms with Crippen molar-refractivity contribution in [2.75, 3.05) is 6.54 Å². The van der Waals surface area contributed by atoms with Gasteiger partial charge in [-0.25, -0.2) is 12.7 Å². The first-order valence-corrected chi connectivity index (χ1v) is 8.61. The second kappa shape index (κ2) is 5.09. The summed E-state index contributed by atoms with van der Waals surface area (Å²) in [5, 5.41) is 3.48. The number of hydrogen-bond donors (Lipinski definition) is 0. The van der Waals surface area contributed by atoms with E-state index in [9.17, 15) is 18.0 Å². The maximum Gasteiger partial charge on any atom is 0.269 e. The maximum absolute atomic E-state index is 12.3. The average Bonchev–Trinajstić information content (AvgIpc) is 3.06. The summed E-state index contributed by atoms with van der Waals surface area (Å²) in [5.41, 5.74) is 0.710. The first-order valence-electron chi connectivity index (χ1n) is 6.23. The van der Waals surface area contributed by atoms with Gasteiger partial charge in [0.1, 0.15) is 4.90 Å². The summed E-state index contributed by atoms with van der Waals surface area (Å²) in [7, 11) is -3.83. The fraction of sp³-hybridized carbons (Fsp3) is 0.143. The molecule has 1 aliphatic rings. The maximum atomic E-state index is 12.3. The molecule has 0 bridgehead atoms. The molecule has 0 saturated carbocycles. The van der Waals surface area contributed by atoms with Crippen LogP contribution in [0, 0.1) is 0 Å². The smallest absolute Gasteiger partial charge is 0.269 e. The van der Waals surface area contributed by atoms with Gasteiger partial charge in [0, 0.05) is 23.9 Å². The highest BCUT2D eigenvalue weighted by Crippen LogP contribution is 2.30. The van der Waals surface area contributed by atoms with Crippen LogP contribution in [0.15, 0.2) is 46.0 Å². The monoisotopic (exact) mass is 321 g/mol. The number of fused-ring (bicyclic) bond motifs is 1. The Labute approximate surface area is 125 Å². The molecule has 0 radical (unpaired) electrons. The van der Waals surface area contributed by atoms with Crippen molar-refractivity contribution in [2.24, 2.45) is 0 Å². The van der Waals surface area contributed by atoms with E-state index in [0.717, 1.165) is 4.31 Å². The van der Waals surface area contributed by atoms with Gasteiger partial charge < -0.3 is 0 Å². The van der Waals surface area contributed by atoms with Gasteiger partial charge in [0.15, 0.2) is 5.78 Å². The predicted molar refractivity (Wildman–Crippen MR) is 77.9 cm³/mol. The van der Waals surface area contributed by atoms with E-state index in [4.69, 9.17) is 0 Å². The van der Waals surface area contributed by atoms with Gasteiger partial charge in [-0.15, -0.1) is 0 Å². The third kappa shape index (κ3) is 2.28. The minimum absolute atomic E-state index is 0.0120. The van der Waals surface area contributed by atoms with Crippen LogP contribution in [0.2, 0.25) is 0 Å². The Morgan fingerprint density at radius 1 is 1.19 bits per heavy atom. The van der Waals surface area contributed by atoms with E-state index in [1.54, 1.807) is 29.0 Å². The van der Waals surface area contributed by atoms with Gasteiger partial charge in [0.25, 0.3) is 15.9 Å². The summed E-state index contributed by atoms with van der Waals surface area (Å²) in [6, 6.07) is 7.76. The number of sulfonamides is 1. The fourth-order valence-electron chi connectivity index (χ4n) is 2.22. The van der Waals surface area contributed by atoms with Crippen LogP contribution < -0.4 is 0 Å². The molecule has 0 aliphatic carbocycles. The highest BCUT2D eigenvalue weighted by Gasteiger charge is 2.40. The highest BCUT2D eigenvalue weighted by molar-refractivity contribution is 7.90. The number of carbonyl (C=O) groups excluding carboxylic acids is 2. The first-order chi connectivity index (χ1) is 10.0.